The number of hydrogen-bond acceptors (Lipinski definition) is 1. The van der Waals surface area contributed by atoms with Gasteiger partial charge in [0.2, 0.25) is 0 Å². The highest BCUT2D eigenvalue weighted by Crippen LogP contribution is 2.36. The van der Waals surface area contributed by atoms with Crippen LogP contribution >= 0.6 is 0 Å². The van der Waals surface area contributed by atoms with Gasteiger partial charge in [0.1, 0.15) is 8.07 Å². The summed E-state index contributed by atoms with van der Waals surface area (Å²) >= 11 is 0. The van der Waals surface area contributed by atoms with Crippen molar-refractivity contribution in [2.75, 3.05) is 0 Å². The van der Waals surface area contributed by atoms with Crippen LogP contribution < -0.4 is 5.19 Å². The third-order valence-electron chi connectivity index (χ3n) is 4.09. The van der Waals surface area contributed by atoms with Gasteiger partial charge in [-0.15, -0.1) is 0 Å². The van der Waals surface area contributed by atoms with Crippen molar-refractivity contribution in [1.82, 2.24) is 0 Å². The predicted molar refractivity (Wildman–Crippen MR) is 67.0 cm³/mol. The predicted octanol–water partition coefficient (Wildman–Crippen LogP) is 2.45. The van der Waals surface area contributed by atoms with Crippen molar-refractivity contribution in [2.24, 2.45) is 0 Å². The topological polar surface area (TPSA) is 20.2 Å². The van der Waals surface area contributed by atoms with Crippen LogP contribution in [0, 0.1) is 0 Å². The lowest BCUT2D eigenvalue weighted by molar-refractivity contribution is 0.125. The van der Waals surface area contributed by atoms with Crippen LogP contribution in [0.2, 0.25) is 13.1 Å². The molecule has 0 radical (unpaired) electrons. The van der Waals surface area contributed by atoms with Crippen LogP contribution in [0.25, 0.3) is 0 Å². The average molecular weight is 220 g/mol. The molecule has 1 aromatic carbocycles. The van der Waals surface area contributed by atoms with Crippen LogP contribution in [0.15, 0.2) is 30.3 Å². The summed E-state index contributed by atoms with van der Waals surface area (Å²) in [5, 5.41) is 11.8. The van der Waals surface area contributed by atoms with Crippen LogP contribution in [0.3, 0.4) is 0 Å². The summed E-state index contributed by atoms with van der Waals surface area (Å²) < 4.78 is 0. The fourth-order valence-electron chi connectivity index (χ4n) is 2.71. The molecule has 0 spiro atoms. The van der Waals surface area contributed by atoms with Crippen molar-refractivity contribution in [1.29, 1.82) is 0 Å². The van der Waals surface area contributed by atoms with E-state index in [1.54, 1.807) is 0 Å². The van der Waals surface area contributed by atoms with Gasteiger partial charge in [0.15, 0.2) is 0 Å². The first kappa shape index (κ1) is 10.9. The minimum atomic E-state index is -1.72. The summed E-state index contributed by atoms with van der Waals surface area (Å²) in [6.07, 6.45) is 4.39. The molecule has 82 valence electrons. The zero-order chi connectivity index (χ0) is 10.9. The van der Waals surface area contributed by atoms with Crippen LogP contribution in [0.4, 0.5) is 0 Å². The van der Waals surface area contributed by atoms with E-state index in [9.17, 15) is 5.11 Å². The highest BCUT2D eigenvalue weighted by Gasteiger charge is 2.47. The van der Waals surface area contributed by atoms with Gasteiger partial charge in [-0.3, -0.25) is 0 Å². The fraction of sp³-hybridized carbons (Fsp3) is 0.538. The van der Waals surface area contributed by atoms with E-state index >= 15 is 0 Å². The number of rotatable bonds is 2. The first-order valence-electron chi connectivity index (χ1n) is 5.84. The Balaban J connectivity index is 2.34. The lowest BCUT2D eigenvalue weighted by Crippen LogP contribution is -2.60. The average Bonchev–Trinajstić information content (AvgIpc) is 2.68. The molecule has 0 aromatic heterocycles. The molecule has 0 atom stereocenters. The van der Waals surface area contributed by atoms with Crippen molar-refractivity contribution in [2.45, 2.75) is 44.0 Å². The Morgan fingerprint density at radius 3 is 2.13 bits per heavy atom. The minimum Gasteiger partial charge on any atom is -0.393 e. The maximum Gasteiger partial charge on any atom is 0.117 e. The Morgan fingerprint density at radius 1 is 1.07 bits per heavy atom. The minimum absolute atomic E-state index is 0.367. The quantitative estimate of drug-likeness (QED) is 0.759. The summed E-state index contributed by atoms with van der Waals surface area (Å²) in [6.45, 7) is 4.60. The van der Waals surface area contributed by atoms with Gasteiger partial charge < -0.3 is 5.11 Å². The molecule has 1 nitrogen and oxygen atoms in total. The van der Waals surface area contributed by atoms with Crippen molar-refractivity contribution in [3.63, 3.8) is 0 Å². The highest BCUT2D eigenvalue weighted by atomic mass is 28.3. The van der Waals surface area contributed by atoms with E-state index in [-0.39, 0.29) is 5.22 Å². The first-order chi connectivity index (χ1) is 7.06. The summed E-state index contributed by atoms with van der Waals surface area (Å²) in [5.41, 5.74) is 0. The van der Waals surface area contributed by atoms with Crippen LogP contribution in [0.5, 0.6) is 0 Å². The third kappa shape index (κ3) is 1.77. The second kappa shape index (κ2) is 3.76. The third-order valence-corrected chi connectivity index (χ3v) is 8.69. The normalized spacial score (nSPS) is 20.5. The van der Waals surface area contributed by atoms with Gasteiger partial charge in [-0.1, -0.05) is 61.5 Å². The molecule has 2 heteroatoms. The first-order valence-corrected chi connectivity index (χ1v) is 8.84. The molecule has 15 heavy (non-hydrogen) atoms. The summed E-state index contributed by atoms with van der Waals surface area (Å²) in [6, 6.07) is 10.6. The lowest BCUT2D eigenvalue weighted by Gasteiger charge is -2.38. The second-order valence-electron chi connectivity index (χ2n) is 5.23. The molecule has 1 fully saturated rings. The largest absolute Gasteiger partial charge is 0.393 e. The van der Waals surface area contributed by atoms with Crippen molar-refractivity contribution in [3.8, 4) is 0 Å². The monoisotopic (exact) mass is 220 g/mol. The number of hydrogen-bond donors (Lipinski definition) is 1. The van der Waals surface area contributed by atoms with Crippen LogP contribution in [-0.4, -0.2) is 18.4 Å². The van der Waals surface area contributed by atoms with Gasteiger partial charge in [-0.05, 0) is 12.8 Å². The summed E-state index contributed by atoms with van der Waals surface area (Å²) in [5.74, 6) is 0. The van der Waals surface area contributed by atoms with Gasteiger partial charge in [-0.2, -0.15) is 0 Å². The molecule has 0 saturated heterocycles. The van der Waals surface area contributed by atoms with Crippen molar-refractivity contribution in [3.05, 3.63) is 30.3 Å². The molecule has 1 N–H and O–H groups in total. The Bertz CT molecular complexity index is 326. The second-order valence-corrected chi connectivity index (χ2v) is 9.99. The van der Waals surface area contributed by atoms with Gasteiger partial charge >= 0.3 is 0 Å². The van der Waals surface area contributed by atoms with Gasteiger partial charge in [-0.25, -0.2) is 0 Å². The highest BCUT2D eigenvalue weighted by molar-refractivity contribution is 6.92. The van der Waals surface area contributed by atoms with E-state index in [4.69, 9.17) is 0 Å². The van der Waals surface area contributed by atoms with E-state index in [1.807, 2.05) is 6.07 Å². The van der Waals surface area contributed by atoms with Gasteiger partial charge in [0, 0.05) is 0 Å². The maximum atomic E-state index is 10.7. The van der Waals surface area contributed by atoms with E-state index in [1.165, 1.54) is 18.0 Å². The van der Waals surface area contributed by atoms with Crippen LogP contribution in [-0.2, 0) is 0 Å². The Kier molecular flexibility index (Phi) is 2.73. The molecule has 0 unspecified atom stereocenters. The molecule has 0 amide bonds. The smallest absolute Gasteiger partial charge is 0.117 e. The Hall–Kier alpha value is -0.603. The lowest BCUT2D eigenvalue weighted by atomic mass is 10.3. The van der Waals surface area contributed by atoms with Gasteiger partial charge in [0.05, 0.1) is 5.22 Å². The van der Waals surface area contributed by atoms with E-state index < -0.39 is 8.07 Å². The maximum absolute atomic E-state index is 10.7. The van der Waals surface area contributed by atoms with Crippen LogP contribution in [0.1, 0.15) is 25.7 Å². The summed E-state index contributed by atoms with van der Waals surface area (Å²) in [7, 11) is -1.72. The molecule has 0 aliphatic heterocycles. The van der Waals surface area contributed by atoms with Gasteiger partial charge in [0.25, 0.3) is 0 Å². The van der Waals surface area contributed by atoms with E-state index in [0.717, 1.165) is 12.8 Å². The molecule has 0 bridgehead atoms. The van der Waals surface area contributed by atoms with Crippen molar-refractivity contribution < 1.29 is 5.11 Å². The zero-order valence-corrected chi connectivity index (χ0v) is 10.7. The fourth-order valence-corrected chi connectivity index (χ4v) is 5.88. The zero-order valence-electron chi connectivity index (χ0n) is 9.66. The standard InChI is InChI=1S/C13H20OSi/c1-15(2,12-8-4-3-5-9-12)13(14)10-6-7-11-13/h3-5,8-9,14H,6-7,10-11H2,1-2H3. The molecule has 1 aliphatic carbocycles. The molecule has 1 aromatic rings. The molecular formula is C13H20OSi. The van der Waals surface area contributed by atoms with E-state index in [2.05, 4.69) is 37.4 Å². The number of aliphatic hydroxyl groups is 1. The van der Waals surface area contributed by atoms with E-state index in [0.29, 0.717) is 0 Å². The number of benzene rings is 1. The summed E-state index contributed by atoms with van der Waals surface area (Å²) in [4.78, 5) is 0. The molecule has 1 aliphatic rings. The molecule has 2 rings (SSSR count). The SMILES string of the molecule is C[Si](C)(c1ccccc1)C1(O)CCCC1. The Morgan fingerprint density at radius 2 is 1.60 bits per heavy atom. The molecule has 0 heterocycles. The molecule has 1 saturated carbocycles. The Labute approximate surface area is 93.2 Å². The van der Waals surface area contributed by atoms with Crippen molar-refractivity contribution >= 4 is 13.3 Å². The molecular weight excluding hydrogens is 200 g/mol.